The van der Waals surface area contributed by atoms with Gasteiger partial charge in [-0.2, -0.15) is 5.26 Å². The smallest absolute Gasteiger partial charge is 0.254 e. The Morgan fingerprint density at radius 2 is 1.93 bits per heavy atom. The van der Waals surface area contributed by atoms with Crippen LogP contribution in [-0.2, 0) is 16.4 Å². The van der Waals surface area contributed by atoms with E-state index in [2.05, 4.69) is 16.9 Å². The van der Waals surface area contributed by atoms with E-state index < -0.39 is 10.0 Å². The lowest BCUT2D eigenvalue weighted by Crippen LogP contribution is -2.33. The van der Waals surface area contributed by atoms with Crippen molar-refractivity contribution < 1.29 is 13.2 Å². The Balaban J connectivity index is 1.76. The number of carbonyl (C=O) groups is 1. The van der Waals surface area contributed by atoms with Crippen LogP contribution in [0.1, 0.15) is 46.8 Å². The molecule has 1 N–H and O–H groups in total. The fourth-order valence-electron chi connectivity index (χ4n) is 3.58. The fraction of sp³-hybridized carbons (Fsp3) is 0.333. The number of nitrogens with zero attached hydrogens (tertiary/aromatic N) is 2. The van der Waals surface area contributed by atoms with Crippen LogP contribution in [0.5, 0.6) is 0 Å². The number of fused-ring (bicyclic) bond motifs is 1. The van der Waals surface area contributed by atoms with Crippen molar-refractivity contribution in [3.8, 4) is 6.07 Å². The minimum atomic E-state index is -3.68. The van der Waals surface area contributed by atoms with Crippen molar-refractivity contribution in [3.05, 3.63) is 65.2 Å². The van der Waals surface area contributed by atoms with E-state index >= 15 is 0 Å². The van der Waals surface area contributed by atoms with Gasteiger partial charge in [-0.1, -0.05) is 24.3 Å². The molecule has 0 aromatic heterocycles. The molecular formula is C21H23N3O3S. The Labute approximate surface area is 165 Å². The van der Waals surface area contributed by atoms with Gasteiger partial charge < -0.3 is 4.90 Å². The van der Waals surface area contributed by atoms with Crippen molar-refractivity contribution in [2.24, 2.45) is 0 Å². The summed E-state index contributed by atoms with van der Waals surface area (Å²) in [5.74, 6) is -0.136. The highest BCUT2D eigenvalue weighted by Gasteiger charge is 2.27. The number of sulfonamides is 1. The van der Waals surface area contributed by atoms with Crippen molar-refractivity contribution in [2.45, 2.75) is 36.6 Å². The summed E-state index contributed by atoms with van der Waals surface area (Å²) in [5, 5.41) is 8.52. The average molecular weight is 398 g/mol. The molecule has 0 saturated heterocycles. The van der Waals surface area contributed by atoms with Gasteiger partial charge in [0.1, 0.15) is 0 Å². The Kier molecular flexibility index (Phi) is 6.12. The van der Waals surface area contributed by atoms with Crippen LogP contribution >= 0.6 is 0 Å². The van der Waals surface area contributed by atoms with E-state index in [1.54, 1.807) is 11.9 Å². The Hall–Kier alpha value is -2.69. The van der Waals surface area contributed by atoms with Crippen molar-refractivity contribution in [1.29, 1.82) is 5.26 Å². The molecule has 0 saturated carbocycles. The van der Waals surface area contributed by atoms with E-state index in [9.17, 15) is 13.2 Å². The second-order valence-electron chi connectivity index (χ2n) is 6.85. The average Bonchev–Trinajstić information content (AvgIpc) is 2.72. The lowest BCUT2D eigenvalue weighted by Gasteiger charge is -2.33. The van der Waals surface area contributed by atoms with Gasteiger partial charge in [-0.05, 0) is 54.7 Å². The molecule has 0 heterocycles. The number of carbonyl (C=O) groups excluding carboxylic acids is 1. The molecule has 0 unspecified atom stereocenters. The molecule has 0 bridgehead atoms. The Morgan fingerprint density at radius 1 is 1.21 bits per heavy atom. The summed E-state index contributed by atoms with van der Waals surface area (Å²) in [6.07, 6.45) is 3.07. The molecule has 3 rings (SSSR count). The second-order valence-corrected chi connectivity index (χ2v) is 8.62. The number of aryl methyl sites for hydroxylation is 1. The first-order valence-electron chi connectivity index (χ1n) is 9.25. The maximum absolute atomic E-state index is 13.0. The summed E-state index contributed by atoms with van der Waals surface area (Å²) in [7, 11) is -1.89. The number of rotatable bonds is 6. The molecule has 1 atom stereocenters. The first-order chi connectivity index (χ1) is 13.4. The third kappa shape index (κ3) is 4.24. The summed E-state index contributed by atoms with van der Waals surface area (Å²) in [6.45, 7) is 0.0589. The van der Waals surface area contributed by atoms with Crippen molar-refractivity contribution in [2.75, 3.05) is 13.6 Å². The quantitative estimate of drug-likeness (QED) is 0.759. The normalized spacial score (nSPS) is 16.1. The summed E-state index contributed by atoms with van der Waals surface area (Å²) < 4.78 is 26.7. The highest BCUT2D eigenvalue weighted by atomic mass is 32.2. The molecule has 2 aromatic rings. The lowest BCUT2D eigenvalue weighted by molar-refractivity contribution is 0.0715. The third-order valence-electron chi connectivity index (χ3n) is 5.07. The van der Waals surface area contributed by atoms with Gasteiger partial charge in [-0.25, -0.2) is 13.1 Å². The Morgan fingerprint density at radius 3 is 2.64 bits per heavy atom. The van der Waals surface area contributed by atoms with Crippen LogP contribution in [0, 0.1) is 11.3 Å². The molecular weight excluding hydrogens is 374 g/mol. The first kappa shape index (κ1) is 20.1. The maximum atomic E-state index is 13.0. The molecule has 1 amide bonds. The number of hydrogen-bond acceptors (Lipinski definition) is 4. The van der Waals surface area contributed by atoms with Gasteiger partial charge in [0.25, 0.3) is 5.91 Å². The van der Waals surface area contributed by atoms with Crippen molar-refractivity contribution in [3.63, 3.8) is 0 Å². The number of nitriles is 1. The molecule has 6 nitrogen and oxygen atoms in total. The van der Waals surface area contributed by atoms with E-state index in [0.717, 1.165) is 19.3 Å². The van der Waals surface area contributed by atoms with Crippen LogP contribution < -0.4 is 4.72 Å². The molecule has 2 aromatic carbocycles. The number of nitrogens with one attached hydrogen (secondary N) is 1. The standard InChI is InChI=1S/C21H23N3O3S/c1-24(20-9-4-7-16-6-2-3-8-19(16)20)21(25)17-10-12-18(13-11-17)28(26,27)23-15-5-14-22/h2-3,6,8,10-13,20,23H,4-5,7,9,15H2,1H3/t20-/m1/s1. The van der Waals surface area contributed by atoms with Gasteiger partial charge in [0.15, 0.2) is 0 Å². The van der Waals surface area contributed by atoms with Crippen LogP contribution in [0.15, 0.2) is 53.4 Å². The topological polar surface area (TPSA) is 90.3 Å². The minimum absolute atomic E-state index is 0.0218. The van der Waals surface area contributed by atoms with E-state index in [4.69, 9.17) is 5.26 Å². The largest absolute Gasteiger partial charge is 0.335 e. The van der Waals surface area contributed by atoms with Gasteiger partial charge in [-0.3, -0.25) is 4.79 Å². The number of benzene rings is 2. The van der Waals surface area contributed by atoms with Gasteiger partial charge >= 0.3 is 0 Å². The maximum Gasteiger partial charge on any atom is 0.254 e. The highest BCUT2D eigenvalue weighted by Crippen LogP contribution is 2.34. The van der Waals surface area contributed by atoms with Gasteiger partial charge in [0, 0.05) is 25.6 Å². The molecule has 0 aliphatic heterocycles. The monoisotopic (exact) mass is 397 g/mol. The number of amides is 1. The molecule has 28 heavy (non-hydrogen) atoms. The number of hydrogen-bond donors (Lipinski definition) is 1. The summed E-state index contributed by atoms with van der Waals surface area (Å²) >= 11 is 0. The second kappa shape index (κ2) is 8.55. The summed E-state index contributed by atoms with van der Waals surface area (Å²) in [6, 6.07) is 16.0. The van der Waals surface area contributed by atoms with Crippen LogP contribution in [0.3, 0.4) is 0 Å². The lowest BCUT2D eigenvalue weighted by atomic mass is 9.87. The van der Waals surface area contributed by atoms with Gasteiger partial charge in [0.05, 0.1) is 17.0 Å². The van der Waals surface area contributed by atoms with Gasteiger partial charge in [0.2, 0.25) is 10.0 Å². The SMILES string of the molecule is CN(C(=O)c1ccc(S(=O)(=O)NCCC#N)cc1)[C@@H]1CCCc2ccccc21. The molecule has 0 radical (unpaired) electrons. The molecule has 0 fully saturated rings. The van der Waals surface area contributed by atoms with Crippen molar-refractivity contribution >= 4 is 15.9 Å². The molecule has 146 valence electrons. The molecule has 1 aliphatic rings. The Bertz CT molecular complexity index is 994. The zero-order chi connectivity index (χ0) is 20.1. The fourth-order valence-corrected chi connectivity index (χ4v) is 4.61. The van der Waals surface area contributed by atoms with Crippen LogP contribution in [0.2, 0.25) is 0 Å². The zero-order valence-electron chi connectivity index (χ0n) is 15.8. The van der Waals surface area contributed by atoms with E-state index in [1.165, 1.54) is 35.4 Å². The van der Waals surface area contributed by atoms with E-state index in [1.807, 2.05) is 18.2 Å². The zero-order valence-corrected chi connectivity index (χ0v) is 16.6. The molecule has 1 aliphatic carbocycles. The van der Waals surface area contributed by atoms with Crippen molar-refractivity contribution in [1.82, 2.24) is 9.62 Å². The van der Waals surface area contributed by atoms with Crippen LogP contribution in [0.4, 0.5) is 0 Å². The highest BCUT2D eigenvalue weighted by molar-refractivity contribution is 7.89. The van der Waals surface area contributed by atoms with E-state index in [-0.39, 0.29) is 29.8 Å². The summed E-state index contributed by atoms with van der Waals surface area (Å²) in [5.41, 5.74) is 2.91. The van der Waals surface area contributed by atoms with Crippen LogP contribution in [0.25, 0.3) is 0 Å². The predicted octanol–water partition coefficient (Wildman–Crippen LogP) is 3.03. The van der Waals surface area contributed by atoms with Gasteiger partial charge in [-0.15, -0.1) is 0 Å². The predicted molar refractivity (Wildman–Crippen MR) is 106 cm³/mol. The third-order valence-corrected chi connectivity index (χ3v) is 6.54. The molecule has 0 spiro atoms. The summed E-state index contributed by atoms with van der Waals surface area (Å²) in [4.78, 5) is 14.8. The van der Waals surface area contributed by atoms with Crippen LogP contribution in [-0.4, -0.2) is 32.8 Å². The molecule has 7 heteroatoms. The van der Waals surface area contributed by atoms with E-state index in [0.29, 0.717) is 5.56 Å². The minimum Gasteiger partial charge on any atom is -0.335 e. The first-order valence-corrected chi connectivity index (χ1v) is 10.7.